The lowest BCUT2D eigenvalue weighted by Crippen LogP contribution is -2.39. The summed E-state index contributed by atoms with van der Waals surface area (Å²) in [5.41, 5.74) is -0.201. The molecule has 1 N–H and O–H groups in total. The molecular formula is C16H18ClF3N2O2. The summed E-state index contributed by atoms with van der Waals surface area (Å²) in [6.45, 7) is 2.34. The molecule has 1 aromatic rings. The number of anilines is 1. The van der Waals surface area contributed by atoms with E-state index in [0.717, 1.165) is 12.5 Å². The monoisotopic (exact) mass is 362 g/mol. The highest BCUT2D eigenvalue weighted by Crippen LogP contribution is 2.31. The number of halogens is 4. The van der Waals surface area contributed by atoms with Crippen LogP contribution in [0, 0.1) is 0 Å². The molecule has 0 aromatic heterocycles. The SMILES string of the molecule is CCCOc1ccc(Cl)cc1NC(=O)N1CC=C(C(F)(F)F)CC1. The van der Waals surface area contributed by atoms with Crippen LogP contribution in [0.2, 0.25) is 5.02 Å². The number of ether oxygens (including phenoxy) is 1. The minimum Gasteiger partial charge on any atom is -0.491 e. The second kappa shape index (κ2) is 7.79. The van der Waals surface area contributed by atoms with E-state index in [4.69, 9.17) is 16.3 Å². The first-order valence-electron chi connectivity index (χ1n) is 7.55. The van der Waals surface area contributed by atoms with Crippen molar-refractivity contribution < 1.29 is 22.7 Å². The quantitative estimate of drug-likeness (QED) is 0.777. The zero-order valence-electron chi connectivity index (χ0n) is 13.1. The van der Waals surface area contributed by atoms with E-state index in [1.807, 2.05) is 6.92 Å². The lowest BCUT2D eigenvalue weighted by Gasteiger charge is -2.27. The second-order valence-corrected chi connectivity index (χ2v) is 5.78. The molecular weight excluding hydrogens is 345 g/mol. The van der Waals surface area contributed by atoms with Gasteiger partial charge in [0, 0.05) is 23.7 Å². The molecule has 1 aromatic carbocycles. The first-order valence-corrected chi connectivity index (χ1v) is 7.93. The van der Waals surface area contributed by atoms with Gasteiger partial charge in [0.2, 0.25) is 0 Å². The Morgan fingerprint density at radius 1 is 1.42 bits per heavy atom. The van der Waals surface area contributed by atoms with Crippen LogP contribution in [0.3, 0.4) is 0 Å². The van der Waals surface area contributed by atoms with Gasteiger partial charge >= 0.3 is 12.2 Å². The van der Waals surface area contributed by atoms with Crippen LogP contribution in [-0.2, 0) is 0 Å². The predicted octanol–water partition coefficient (Wildman–Crippen LogP) is 4.86. The number of amides is 2. The first-order chi connectivity index (χ1) is 11.3. The minimum atomic E-state index is -4.34. The summed E-state index contributed by atoms with van der Waals surface area (Å²) in [5, 5.41) is 3.07. The Kier molecular flexibility index (Phi) is 5.99. The number of hydrogen-bond donors (Lipinski definition) is 1. The lowest BCUT2D eigenvalue weighted by atomic mass is 10.1. The standard InChI is InChI=1S/C16H18ClF3N2O2/c1-2-9-24-14-4-3-12(17)10-13(14)21-15(23)22-7-5-11(6-8-22)16(18,19)20/h3-5,10H,2,6-9H2,1H3,(H,21,23). The third-order valence-electron chi connectivity index (χ3n) is 3.51. The summed E-state index contributed by atoms with van der Waals surface area (Å²) in [4.78, 5) is 13.6. The molecule has 0 spiro atoms. The Balaban J connectivity index is 2.05. The molecule has 132 valence electrons. The van der Waals surface area contributed by atoms with Crippen LogP contribution in [0.5, 0.6) is 5.75 Å². The van der Waals surface area contributed by atoms with Crippen LogP contribution >= 0.6 is 11.6 Å². The van der Waals surface area contributed by atoms with E-state index in [-0.39, 0.29) is 19.5 Å². The summed E-state index contributed by atoms with van der Waals surface area (Å²) in [7, 11) is 0. The summed E-state index contributed by atoms with van der Waals surface area (Å²) < 4.78 is 43.4. The van der Waals surface area contributed by atoms with Crippen molar-refractivity contribution in [1.82, 2.24) is 4.90 Å². The van der Waals surface area contributed by atoms with Crippen LogP contribution in [0.25, 0.3) is 0 Å². The van der Waals surface area contributed by atoms with Gasteiger partial charge in [0.1, 0.15) is 5.75 Å². The molecule has 0 aliphatic carbocycles. The Morgan fingerprint density at radius 2 is 2.17 bits per heavy atom. The Morgan fingerprint density at radius 3 is 2.75 bits per heavy atom. The molecule has 0 radical (unpaired) electrons. The van der Waals surface area contributed by atoms with Gasteiger partial charge in [-0.05, 0) is 31.0 Å². The van der Waals surface area contributed by atoms with E-state index in [1.165, 1.54) is 4.90 Å². The molecule has 0 atom stereocenters. The molecule has 0 fully saturated rings. The maximum absolute atomic E-state index is 12.6. The lowest BCUT2D eigenvalue weighted by molar-refractivity contribution is -0.0955. The first kappa shape index (κ1) is 18.4. The Bertz CT molecular complexity index is 632. The number of nitrogens with zero attached hydrogens (tertiary/aromatic N) is 1. The fourth-order valence-corrected chi connectivity index (χ4v) is 2.42. The third kappa shape index (κ3) is 4.80. The minimum absolute atomic E-state index is 0.00287. The van der Waals surface area contributed by atoms with E-state index >= 15 is 0 Å². The van der Waals surface area contributed by atoms with E-state index in [1.54, 1.807) is 18.2 Å². The van der Waals surface area contributed by atoms with Crippen molar-refractivity contribution in [3.8, 4) is 5.75 Å². The van der Waals surface area contributed by atoms with E-state index in [2.05, 4.69) is 5.32 Å². The molecule has 0 unspecified atom stereocenters. The number of alkyl halides is 3. The van der Waals surface area contributed by atoms with Crippen molar-refractivity contribution >= 4 is 23.3 Å². The largest absolute Gasteiger partial charge is 0.491 e. The zero-order chi connectivity index (χ0) is 17.7. The Hall–Kier alpha value is -1.89. The highest BCUT2D eigenvalue weighted by molar-refractivity contribution is 6.31. The van der Waals surface area contributed by atoms with Crippen LogP contribution in [0.15, 0.2) is 29.8 Å². The molecule has 24 heavy (non-hydrogen) atoms. The third-order valence-corrected chi connectivity index (χ3v) is 3.74. The molecule has 1 aliphatic heterocycles. The average molecular weight is 363 g/mol. The topological polar surface area (TPSA) is 41.6 Å². The number of urea groups is 1. The molecule has 4 nitrogen and oxygen atoms in total. The van der Waals surface area contributed by atoms with Gasteiger partial charge in [0.15, 0.2) is 0 Å². The molecule has 0 bridgehead atoms. The number of carbonyl (C=O) groups excluding carboxylic acids is 1. The fourth-order valence-electron chi connectivity index (χ4n) is 2.24. The van der Waals surface area contributed by atoms with E-state index in [9.17, 15) is 18.0 Å². The molecule has 1 aliphatic rings. The van der Waals surface area contributed by atoms with Crippen molar-refractivity contribution in [3.05, 3.63) is 34.9 Å². The van der Waals surface area contributed by atoms with Crippen LogP contribution in [0.1, 0.15) is 19.8 Å². The molecule has 2 amide bonds. The van der Waals surface area contributed by atoms with Gasteiger partial charge in [-0.1, -0.05) is 24.6 Å². The van der Waals surface area contributed by atoms with Crippen molar-refractivity contribution in [2.75, 3.05) is 25.0 Å². The normalized spacial score (nSPS) is 15.0. The summed E-state index contributed by atoms with van der Waals surface area (Å²) in [6.07, 6.45) is -2.72. The van der Waals surface area contributed by atoms with Gasteiger partial charge in [-0.2, -0.15) is 13.2 Å². The number of hydrogen-bond acceptors (Lipinski definition) is 2. The highest BCUT2D eigenvalue weighted by atomic mass is 35.5. The predicted molar refractivity (Wildman–Crippen MR) is 86.6 cm³/mol. The molecule has 0 saturated heterocycles. The van der Waals surface area contributed by atoms with Crippen molar-refractivity contribution in [2.24, 2.45) is 0 Å². The van der Waals surface area contributed by atoms with E-state index < -0.39 is 17.8 Å². The van der Waals surface area contributed by atoms with Crippen molar-refractivity contribution in [3.63, 3.8) is 0 Å². The molecule has 0 saturated carbocycles. The van der Waals surface area contributed by atoms with Gasteiger partial charge in [-0.15, -0.1) is 0 Å². The van der Waals surface area contributed by atoms with Gasteiger partial charge < -0.3 is 15.0 Å². The van der Waals surface area contributed by atoms with Gasteiger partial charge in [-0.25, -0.2) is 4.79 Å². The molecule has 8 heteroatoms. The Labute approximate surface area is 143 Å². The van der Waals surface area contributed by atoms with Crippen molar-refractivity contribution in [2.45, 2.75) is 25.9 Å². The summed E-state index contributed by atoms with van der Waals surface area (Å²) >= 11 is 5.93. The van der Waals surface area contributed by atoms with E-state index in [0.29, 0.717) is 23.1 Å². The number of rotatable bonds is 4. The van der Waals surface area contributed by atoms with Gasteiger partial charge in [0.05, 0.1) is 12.3 Å². The smallest absolute Gasteiger partial charge is 0.412 e. The summed E-state index contributed by atoms with van der Waals surface area (Å²) in [5.74, 6) is 0.470. The van der Waals surface area contributed by atoms with Crippen LogP contribution in [-0.4, -0.2) is 36.8 Å². The molecule has 2 rings (SSSR count). The highest BCUT2D eigenvalue weighted by Gasteiger charge is 2.35. The maximum Gasteiger partial charge on any atom is 0.412 e. The fraction of sp³-hybridized carbons (Fsp3) is 0.438. The maximum atomic E-state index is 12.6. The number of nitrogens with one attached hydrogen (secondary N) is 1. The van der Waals surface area contributed by atoms with Gasteiger partial charge in [0.25, 0.3) is 0 Å². The van der Waals surface area contributed by atoms with Gasteiger partial charge in [-0.3, -0.25) is 0 Å². The second-order valence-electron chi connectivity index (χ2n) is 5.34. The average Bonchev–Trinajstić information content (AvgIpc) is 2.53. The van der Waals surface area contributed by atoms with Crippen LogP contribution < -0.4 is 10.1 Å². The molecule has 1 heterocycles. The van der Waals surface area contributed by atoms with Crippen LogP contribution in [0.4, 0.5) is 23.7 Å². The number of carbonyl (C=O) groups is 1. The van der Waals surface area contributed by atoms with Crippen molar-refractivity contribution in [1.29, 1.82) is 0 Å². The zero-order valence-corrected chi connectivity index (χ0v) is 13.9. The summed E-state index contributed by atoms with van der Waals surface area (Å²) in [6, 6.07) is 4.34. The number of benzene rings is 1.